The van der Waals surface area contributed by atoms with Gasteiger partial charge in [0.25, 0.3) is 5.91 Å². The van der Waals surface area contributed by atoms with Crippen molar-refractivity contribution in [2.45, 2.75) is 13.5 Å². The van der Waals surface area contributed by atoms with Gasteiger partial charge in [-0.25, -0.2) is 4.79 Å². The minimum atomic E-state index is -0.565. The van der Waals surface area contributed by atoms with Crippen LogP contribution in [0.4, 0.5) is 5.82 Å². The van der Waals surface area contributed by atoms with Crippen LogP contribution in [0.1, 0.15) is 26.4 Å². The van der Waals surface area contributed by atoms with Gasteiger partial charge in [-0.1, -0.05) is 0 Å². The molecule has 1 aromatic heterocycles. The molecular formula is C15H16N4O5. The van der Waals surface area contributed by atoms with Gasteiger partial charge < -0.3 is 20.2 Å². The van der Waals surface area contributed by atoms with Crippen LogP contribution in [0.5, 0.6) is 0 Å². The number of benzene rings is 1. The van der Waals surface area contributed by atoms with E-state index >= 15 is 0 Å². The summed E-state index contributed by atoms with van der Waals surface area (Å²) >= 11 is 0. The van der Waals surface area contributed by atoms with E-state index in [1.807, 2.05) is 0 Å². The van der Waals surface area contributed by atoms with E-state index in [1.165, 1.54) is 42.1 Å². The number of nitrogens with zero attached hydrogens (tertiary/aromatic N) is 3. The number of esters is 1. The minimum Gasteiger partial charge on any atom is -0.465 e. The van der Waals surface area contributed by atoms with Crippen molar-refractivity contribution >= 4 is 17.7 Å². The molecule has 0 fully saturated rings. The molecule has 9 nitrogen and oxygen atoms in total. The molecule has 0 aliphatic rings. The zero-order valence-corrected chi connectivity index (χ0v) is 13.2. The van der Waals surface area contributed by atoms with E-state index in [9.17, 15) is 19.7 Å². The quantitative estimate of drug-likeness (QED) is 0.484. The summed E-state index contributed by atoms with van der Waals surface area (Å²) in [6.07, 6.45) is 0. The summed E-state index contributed by atoms with van der Waals surface area (Å²) < 4.78 is 6.04. The van der Waals surface area contributed by atoms with Gasteiger partial charge >= 0.3 is 11.8 Å². The van der Waals surface area contributed by atoms with Gasteiger partial charge in [-0.3, -0.25) is 4.79 Å². The maximum atomic E-state index is 12.0. The van der Waals surface area contributed by atoms with Crippen molar-refractivity contribution in [2.75, 3.05) is 13.7 Å². The second kappa shape index (κ2) is 7.36. The third-order valence-electron chi connectivity index (χ3n) is 3.33. The third-order valence-corrected chi connectivity index (χ3v) is 3.33. The van der Waals surface area contributed by atoms with Crippen LogP contribution in [0.15, 0.2) is 30.3 Å². The number of amides is 1. The Kier molecular flexibility index (Phi) is 5.25. The topological polar surface area (TPSA) is 116 Å². The van der Waals surface area contributed by atoms with Crippen LogP contribution in [0.25, 0.3) is 0 Å². The van der Waals surface area contributed by atoms with Crippen molar-refractivity contribution in [2.24, 2.45) is 0 Å². The number of ether oxygens (including phenoxy) is 1. The van der Waals surface area contributed by atoms with Crippen molar-refractivity contribution in [3.8, 4) is 0 Å². The standard InChI is InChI=1S/C15H16N4O5/c1-10-9-13(19(22)23)17-18(10)8-7-16-14(20)11-3-5-12(6-4-11)15(21)24-2/h3-6,9H,7-8H2,1-2H3,(H,16,20). The highest BCUT2D eigenvalue weighted by Crippen LogP contribution is 2.10. The fourth-order valence-corrected chi connectivity index (χ4v) is 2.06. The smallest absolute Gasteiger partial charge is 0.390 e. The van der Waals surface area contributed by atoms with Crippen LogP contribution in [0.2, 0.25) is 0 Å². The number of nitro groups is 1. The van der Waals surface area contributed by atoms with E-state index in [4.69, 9.17) is 0 Å². The second-order valence-electron chi connectivity index (χ2n) is 4.95. The molecular weight excluding hydrogens is 316 g/mol. The van der Waals surface area contributed by atoms with Gasteiger partial charge in [0.05, 0.1) is 36.1 Å². The maximum Gasteiger partial charge on any atom is 0.390 e. The van der Waals surface area contributed by atoms with Gasteiger partial charge in [-0.2, -0.15) is 4.68 Å². The summed E-state index contributed by atoms with van der Waals surface area (Å²) in [5, 5.41) is 17.2. The molecule has 1 heterocycles. The Hall–Kier alpha value is -3.23. The molecule has 0 saturated carbocycles. The lowest BCUT2D eigenvalue weighted by Crippen LogP contribution is -2.27. The molecule has 1 aromatic carbocycles. The Bertz CT molecular complexity index is 767. The van der Waals surface area contributed by atoms with E-state index in [0.29, 0.717) is 23.4 Å². The Morgan fingerprint density at radius 2 is 1.92 bits per heavy atom. The molecule has 24 heavy (non-hydrogen) atoms. The molecule has 0 bridgehead atoms. The number of nitrogens with one attached hydrogen (secondary N) is 1. The number of aryl methyl sites for hydroxylation is 1. The first-order valence-electron chi connectivity index (χ1n) is 7.08. The molecule has 0 saturated heterocycles. The van der Waals surface area contributed by atoms with Gasteiger partial charge in [-0.05, 0) is 36.1 Å². The SMILES string of the molecule is COC(=O)c1ccc(C(=O)NCCn2nc([N+](=O)[O-])cc2C)cc1. The lowest BCUT2D eigenvalue weighted by atomic mass is 10.1. The molecule has 0 aliphatic heterocycles. The number of hydrogen-bond acceptors (Lipinski definition) is 6. The summed E-state index contributed by atoms with van der Waals surface area (Å²) in [6.45, 7) is 2.27. The van der Waals surface area contributed by atoms with Crippen LogP contribution >= 0.6 is 0 Å². The van der Waals surface area contributed by atoms with Crippen LogP contribution in [0.3, 0.4) is 0 Å². The number of hydrogen-bond donors (Lipinski definition) is 1. The van der Waals surface area contributed by atoms with Gasteiger partial charge in [0, 0.05) is 12.1 Å². The third kappa shape index (κ3) is 3.94. The molecule has 126 valence electrons. The highest BCUT2D eigenvalue weighted by molar-refractivity contribution is 5.96. The monoisotopic (exact) mass is 332 g/mol. The van der Waals surface area contributed by atoms with E-state index in [1.54, 1.807) is 6.92 Å². The summed E-state index contributed by atoms with van der Waals surface area (Å²) in [6, 6.07) is 7.41. The van der Waals surface area contributed by atoms with Crippen LogP contribution < -0.4 is 5.32 Å². The number of rotatable bonds is 6. The highest BCUT2D eigenvalue weighted by Gasteiger charge is 2.15. The lowest BCUT2D eigenvalue weighted by molar-refractivity contribution is -0.389. The van der Waals surface area contributed by atoms with Crippen molar-refractivity contribution in [3.63, 3.8) is 0 Å². The van der Waals surface area contributed by atoms with E-state index in [-0.39, 0.29) is 18.3 Å². The molecule has 0 radical (unpaired) electrons. The zero-order valence-electron chi connectivity index (χ0n) is 13.2. The average Bonchev–Trinajstić information content (AvgIpc) is 2.95. The van der Waals surface area contributed by atoms with Crippen LogP contribution in [-0.4, -0.2) is 40.2 Å². The Balaban J connectivity index is 1.91. The van der Waals surface area contributed by atoms with Crippen molar-refractivity contribution in [1.82, 2.24) is 15.1 Å². The van der Waals surface area contributed by atoms with Crippen molar-refractivity contribution in [1.29, 1.82) is 0 Å². The fourth-order valence-electron chi connectivity index (χ4n) is 2.06. The highest BCUT2D eigenvalue weighted by atomic mass is 16.6. The van der Waals surface area contributed by atoms with Crippen molar-refractivity contribution in [3.05, 3.63) is 57.3 Å². The number of methoxy groups -OCH3 is 1. The summed E-state index contributed by atoms with van der Waals surface area (Å²) in [7, 11) is 1.28. The van der Waals surface area contributed by atoms with Crippen LogP contribution in [-0.2, 0) is 11.3 Å². The van der Waals surface area contributed by atoms with E-state index in [0.717, 1.165) is 0 Å². The number of aromatic nitrogens is 2. The summed E-state index contributed by atoms with van der Waals surface area (Å²) in [5.74, 6) is -1.01. The fraction of sp³-hybridized carbons (Fsp3) is 0.267. The molecule has 9 heteroatoms. The maximum absolute atomic E-state index is 12.0. The van der Waals surface area contributed by atoms with Gasteiger partial charge in [0.15, 0.2) is 0 Å². The first-order chi connectivity index (χ1) is 11.4. The molecule has 2 rings (SSSR count). The number of carbonyl (C=O) groups excluding carboxylic acids is 2. The Morgan fingerprint density at radius 1 is 1.29 bits per heavy atom. The largest absolute Gasteiger partial charge is 0.465 e. The second-order valence-corrected chi connectivity index (χ2v) is 4.95. The summed E-state index contributed by atoms with van der Waals surface area (Å²) in [4.78, 5) is 33.4. The van der Waals surface area contributed by atoms with E-state index < -0.39 is 10.9 Å². The minimum absolute atomic E-state index is 0.225. The molecule has 0 atom stereocenters. The molecule has 0 spiro atoms. The first kappa shape index (κ1) is 17.1. The zero-order chi connectivity index (χ0) is 17.7. The predicted octanol–water partition coefficient (Wildman–Crippen LogP) is 1.32. The molecule has 1 amide bonds. The predicted molar refractivity (Wildman–Crippen MR) is 83.7 cm³/mol. The number of carbonyl (C=O) groups is 2. The molecule has 0 unspecified atom stereocenters. The average molecular weight is 332 g/mol. The molecule has 2 aromatic rings. The lowest BCUT2D eigenvalue weighted by Gasteiger charge is -2.05. The van der Waals surface area contributed by atoms with Crippen LogP contribution in [0, 0.1) is 17.0 Å². The van der Waals surface area contributed by atoms with E-state index in [2.05, 4.69) is 15.2 Å². The summed E-state index contributed by atoms with van der Waals surface area (Å²) in [5.41, 5.74) is 1.39. The molecule has 1 N–H and O–H groups in total. The first-order valence-corrected chi connectivity index (χ1v) is 7.08. The van der Waals surface area contributed by atoms with Crippen molar-refractivity contribution < 1.29 is 19.2 Å². The van der Waals surface area contributed by atoms with Gasteiger partial charge in [0.1, 0.15) is 0 Å². The van der Waals surface area contributed by atoms with Gasteiger partial charge in [0.2, 0.25) is 0 Å². The Morgan fingerprint density at radius 3 is 2.46 bits per heavy atom. The Labute approximate surface area is 137 Å². The van der Waals surface area contributed by atoms with Gasteiger partial charge in [-0.15, -0.1) is 0 Å². The molecule has 0 aliphatic carbocycles. The normalized spacial score (nSPS) is 10.2.